The number of nitrogens with zero attached hydrogens (tertiary/aromatic N) is 1. The predicted molar refractivity (Wildman–Crippen MR) is 60.6 cm³/mol. The lowest BCUT2D eigenvalue weighted by atomic mass is 9.97. The summed E-state index contributed by atoms with van der Waals surface area (Å²) in [6, 6.07) is 8.60. The third kappa shape index (κ3) is 1.50. The van der Waals surface area contributed by atoms with Crippen molar-refractivity contribution in [2.75, 3.05) is 0 Å². The summed E-state index contributed by atoms with van der Waals surface area (Å²) in [5, 5.41) is 2.58. The summed E-state index contributed by atoms with van der Waals surface area (Å²) in [5.74, 6) is 0.559. The Morgan fingerprint density at radius 1 is 1.21 bits per heavy atom. The Balaban J connectivity index is 2.75. The Morgan fingerprint density at radius 2 is 2.00 bits per heavy atom. The highest BCUT2D eigenvalue weighted by Gasteiger charge is 2.04. The molecule has 2 rings (SSSR count). The number of rotatable bonds is 1. The third-order valence-corrected chi connectivity index (χ3v) is 2.56. The summed E-state index contributed by atoms with van der Waals surface area (Å²) in [7, 11) is 0. The number of fused-ring (bicyclic) bond motifs is 1. The number of pyridine rings is 1. The maximum absolute atomic E-state index is 4.35. The largest absolute Gasteiger partial charge is 0.261 e. The molecular weight excluding hydrogens is 170 g/mol. The van der Waals surface area contributed by atoms with Gasteiger partial charge in [-0.2, -0.15) is 0 Å². The molecule has 0 atom stereocenters. The average Bonchev–Trinajstić information content (AvgIpc) is 2.16. The molecule has 1 aromatic heterocycles. The molecule has 1 aromatic carbocycles. The first kappa shape index (κ1) is 9.20. The third-order valence-electron chi connectivity index (χ3n) is 2.56. The van der Waals surface area contributed by atoms with Crippen LogP contribution in [0.15, 0.2) is 30.5 Å². The number of hydrogen-bond donors (Lipinski definition) is 0. The number of aryl methyl sites for hydroxylation is 1. The minimum absolute atomic E-state index is 0.559. The van der Waals surface area contributed by atoms with E-state index in [4.69, 9.17) is 0 Å². The highest BCUT2D eigenvalue weighted by molar-refractivity contribution is 5.85. The summed E-state index contributed by atoms with van der Waals surface area (Å²) in [6.07, 6.45) is 1.99. The summed E-state index contributed by atoms with van der Waals surface area (Å²) in [6.45, 7) is 6.46. The molecule has 1 heterocycles. The Bertz CT molecular complexity index is 458. The van der Waals surface area contributed by atoms with Crippen molar-refractivity contribution in [2.45, 2.75) is 26.7 Å². The van der Waals surface area contributed by atoms with Crippen LogP contribution in [0, 0.1) is 6.92 Å². The fraction of sp³-hybridized carbons (Fsp3) is 0.308. The van der Waals surface area contributed by atoms with Crippen LogP contribution in [-0.4, -0.2) is 4.98 Å². The molecule has 0 unspecified atom stereocenters. The van der Waals surface area contributed by atoms with E-state index < -0.39 is 0 Å². The van der Waals surface area contributed by atoms with Gasteiger partial charge in [0, 0.05) is 17.3 Å². The van der Waals surface area contributed by atoms with Crippen molar-refractivity contribution in [1.82, 2.24) is 4.98 Å². The molecule has 1 heteroatoms. The van der Waals surface area contributed by atoms with Crippen molar-refractivity contribution in [3.05, 3.63) is 41.7 Å². The van der Waals surface area contributed by atoms with E-state index in [-0.39, 0.29) is 0 Å². The molecule has 0 amide bonds. The highest BCUT2D eigenvalue weighted by atomic mass is 14.7. The van der Waals surface area contributed by atoms with Crippen LogP contribution in [0.4, 0.5) is 0 Å². The summed E-state index contributed by atoms with van der Waals surface area (Å²) >= 11 is 0. The van der Waals surface area contributed by atoms with Gasteiger partial charge in [0.2, 0.25) is 0 Å². The van der Waals surface area contributed by atoms with Gasteiger partial charge < -0.3 is 0 Å². The summed E-state index contributed by atoms with van der Waals surface area (Å²) in [4.78, 5) is 4.35. The van der Waals surface area contributed by atoms with E-state index in [9.17, 15) is 0 Å². The Morgan fingerprint density at radius 3 is 2.71 bits per heavy atom. The first-order chi connectivity index (χ1) is 6.68. The minimum atomic E-state index is 0.559. The molecule has 0 fully saturated rings. The Kier molecular flexibility index (Phi) is 2.24. The van der Waals surface area contributed by atoms with Gasteiger partial charge in [-0.3, -0.25) is 4.98 Å². The second kappa shape index (κ2) is 3.41. The average molecular weight is 185 g/mol. The van der Waals surface area contributed by atoms with Gasteiger partial charge in [-0.25, -0.2) is 0 Å². The van der Waals surface area contributed by atoms with Crippen molar-refractivity contribution < 1.29 is 0 Å². The molecule has 0 radical (unpaired) electrons. The zero-order chi connectivity index (χ0) is 10.1. The topological polar surface area (TPSA) is 12.9 Å². The molecule has 0 aliphatic rings. The van der Waals surface area contributed by atoms with Crippen LogP contribution in [0.5, 0.6) is 0 Å². The number of aromatic nitrogens is 1. The lowest BCUT2D eigenvalue weighted by Crippen LogP contribution is -1.90. The maximum Gasteiger partial charge on any atom is 0.0379 e. The fourth-order valence-electron chi connectivity index (χ4n) is 1.81. The normalized spacial score (nSPS) is 11.1. The van der Waals surface area contributed by atoms with Gasteiger partial charge >= 0.3 is 0 Å². The van der Waals surface area contributed by atoms with Gasteiger partial charge in [-0.05, 0) is 29.9 Å². The molecule has 72 valence electrons. The van der Waals surface area contributed by atoms with E-state index in [1.54, 1.807) is 0 Å². The second-order valence-electron chi connectivity index (χ2n) is 4.05. The number of hydrogen-bond acceptors (Lipinski definition) is 1. The van der Waals surface area contributed by atoms with Crippen molar-refractivity contribution in [3.8, 4) is 0 Å². The quantitative estimate of drug-likeness (QED) is 0.660. The van der Waals surface area contributed by atoms with Gasteiger partial charge in [-0.1, -0.05) is 32.0 Å². The molecule has 14 heavy (non-hydrogen) atoms. The van der Waals surface area contributed by atoms with Gasteiger partial charge in [0.15, 0.2) is 0 Å². The molecule has 0 saturated carbocycles. The van der Waals surface area contributed by atoms with Crippen LogP contribution in [0.25, 0.3) is 10.8 Å². The summed E-state index contributed by atoms with van der Waals surface area (Å²) < 4.78 is 0. The van der Waals surface area contributed by atoms with E-state index >= 15 is 0 Å². The standard InChI is InChI=1S/C13H15N/c1-9(2)12-6-4-5-11-7-10(3)14-8-13(11)12/h4-9H,1-3H3. The lowest BCUT2D eigenvalue weighted by molar-refractivity contribution is 0.875. The monoisotopic (exact) mass is 185 g/mol. The molecular formula is C13H15N. The van der Waals surface area contributed by atoms with Gasteiger partial charge in [0.25, 0.3) is 0 Å². The van der Waals surface area contributed by atoms with Crippen LogP contribution in [0.2, 0.25) is 0 Å². The minimum Gasteiger partial charge on any atom is -0.261 e. The van der Waals surface area contributed by atoms with Crippen LogP contribution < -0.4 is 0 Å². The van der Waals surface area contributed by atoms with E-state index in [1.165, 1.54) is 16.3 Å². The van der Waals surface area contributed by atoms with Gasteiger partial charge in [0.05, 0.1) is 0 Å². The Hall–Kier alpha value is -1.37. The van der Waals surface area contributed by atoms with E-state index in [2.05, 4.69) is 43.1 Å². The maximum atomic E-state index is 4.35. The molecule has 0 saturated heterocycles. The fourth-order valence-corrected chi connectivity index (χ4v) is 1.81. The van der Waals surface area contributed by atoms with Crippen molar-refractivity contribution in [1.29, 1.82) is 0 Å². The molecule has 0 spiro atoms. The SMILES string of the molecule is Cc1cc2cccc(C(C)C)c2cn1. The first-order valence-corrected chi connectivity index (χ1v) is 5.04. The second-order valence-corrected chi connectivity index (χ2v) is 4.05. The Labute approximate surface area is 84.8 Å². The van der Waals surface area contributed by atoms with E-state index in [0.29, 0.717) is 5.92 Å². The van der Waals surface area contributed by atoms with Crippen LogP contribution in [0.1, 0.15) is 31.0 Å². The zero-order valence-corrected chi connectivity index (χ0v) is 8.91. The highest BCUT2D eigenvalue weighted by Crippen LogP contribution is 2.24. The lowest BCUT2D eigenvalue weighted by Gasteiger charge is -2.09. The van der Waals surface area contributed by atoms with Gasteiger partial charge in [0.1, 0.15) is 0 Å². The van der Waals surface area contributed by atoms with Crippen LogP contribution in [0.3, 0.4) is 0 Å². The molecule has 1 nitrogen and oxygen atoms in total. The van der Waals surface area contributed by atoms with Crippen molar-refractivity contribution in [3.63, 3.8) is 0 Å². The number of benzene rings is 1. The predicted octanol–water partition coefficient (Wildman–Crippen LogP) is 3.67. The molecule has 0 N–H and O–H groups in total. The van der Waals surface area contributed by atoms with Crippen LogP contribution >= 0.6 is 0 Å². The zero-order valence-electron chi connectivity index (χ0n) is 8.91. The van der Waals surface area contributed by atoms with E-state index in [1.807, 2.05) is 13.1 Å². The smallest absolute Gasteiger partial charge is 0.0379 e. The molecule has 0 aliphatic carbocycles. The van der Waals surface area contributed by atoms with Crippen LogP contribution in [-0.2, 0) is 0 Å². The van der Waals surface area contributed by atoms with E-state index in [0.717, 1.165) is 5.69 Å². The van der Waals surface area contributed by atoms with Gasteiger partial charge in [-0.15, -0.1) is 0 Å². The molecule has 2 aromatic rings. The van der Waals surface area contributed by atoms with Crippen molar-refractivity contribution >= 4 is 10.8 Å². The molecule has 0 aliphatic heterocycles. The first-order valence-electron chi connectivity index (χ1n) is 5.04. The van der Waals surface area contributed by atoms with Crippen molar-refractivity contribution in [2.24, 2.45) is 0 Å². The summed E-state index contributed by atoms with van der Waals surface area (Å²) in [5.41, 5.74) is 2.47. The molecule has 0 bridgehead atoms.